The van der Waals surface area contributed by atoms with Gasteiger partial charge in [0.1, 0.15) is 5.75 Å². The molecule has 0 heterocycles. The molecule has 2 aromatic rings. The maximum Gasteiger partial charge on any atom is 0.185 e. The van der Waals surface area contributed by atoms with Gasteiger partial charge in [0.2, 0.25) is 0 Å². The van der Waals surface area contributed by atoms with E-state index in [1.54, 1.807) is 18.2 Å². The van der Waals surface area contributed by atoms with E-state index in [0.29, 0.717) is 10.6 Å². The smallest absolute Gasteiger partial charge is 0.185 e. The number of carbonyl (C=O) groups is 1. The summed E-state index contributed by atoms with van der Waals surface area (Å²) in [6.07, 6.45) is 3.17. The van der Waals surface area contributed by atoms with Crippen molar-refractivity contribution in [2.75, 3.05) is 0 Å². The summed E-state index contributed by atoms with van der Waals surface area (Å²) < 4.78 is 0. The molecule has 1 N–H and O–H groups in total. The third kappa shape index (κ3) is 3.46. The molecule has 0 aliphatic carbocycles. The summed E-state index contributed by atoms with van der Waals surface area (Å²) in [5.74, 6) is -0.0785. The maximum atomic E-state index is 11.9. The van der Waals surface area contributed by atoms with Crippen LogP contribution in [0.5, 0.6) is 5.75 Å². The van der Waals surface area contributed by atoms with Crippen LogP contribution in [0.3, 0.4) is 0 Å². The summed E-state index contributed by atoms with van der Waals surface area (Å²) in [6.45, 7) is 1.92. The quantitative estimate of drug-likeness (QED) is 0.670. The molecule has 96 valence electrons. The van der Waals surface area contributed by atoms with Crippen LogP contribution in [-0.2, 0) is 0 Å². The molecule has 2 aromatic carbocycles. The van der Waals surface area contributed by atoms with E-state index in [0.717, 1.165) is 11.1 Å². The Hall–Kier alpha value is -2.06. The van der Waals surface area contributed by atoms with Gasteiger partial charge < -0.3 is 5.11 Å². The van der Waals surface area contributed by atoms with Crippen LogP contribution in [0.15, 0.2) is 48.5 Å². The van der Waals surface area contributed by atoms with Crippen molar-refractivity contribution in [1.82, 2.24) is 0 Å². The van der Waals surface area contributed by atoms with Gasteiger partial charge in [-0.05, 0) is 42.3 Å². The van der Waals surface area contributed by atoms with Gasteiger partial charge in [-0.2, -0.15) is 0 Å². The Balaban J connectivity index is 2.18. The third-order valence-corrected chi connectivity index (χ3v) is 3.16. The lowest BCUT2D eigenvalue weighted by Crippen LogP contribution is -1.93. The highest BCUT2D eigenvalue weighted by Gasteiger charge is 2.02. The van der Waals surface area contributed by atoms with Gasteiger partial charge in [-0.25, -0.2) is 0 Å². The number of halogens is 1. The summed E-state index contributed by atoms with van der Waals surface area (Å²) >= 11 is 6.02. The van der Waals surface area contributed by atoms with E-state index in [9.17, 15) is 9.90 Å². The van der Waals surface area contributed by atoms with Crippen molar-refractivity contribution in [2.24, 2.45) is 0 Å². The van der Waals surface area contributed by atoms with E-state index in [2.05, 4.69) is 0 Å². The normalized spacial score (nSPS) is 10.8. The molecular weight excluding hydrogens is 260 g/mol. The third-order valence-electron chi connectivity index (χ3n) is 2.75. The molecule has 0 aromatic heterocycles. The summed E-state index contributed by atoms with van der Waals surface area (Å²) in [5.41, 5.74) is 2.32. The van der Waals surface area contributed by atoms with Crippen LogP contribution in [0.2, 0.25) is 5.02 Å². The minimum atomic E-state index is -0.160. The molecule has 19 heavy (non-hydrogen) atoms. The average molecular weight is 273 g/mol. The number of phenolic OH excluding ortho intramolecular Hbond substituents is 1. The standard InChI is InChI=1S/C16H13ClO2/c1-11-5-6-12(9-15(11)17)7-8-16(19)13-3-2-4-14(18)10-13/h2-10,18H,1H3/b8-7+. The topological polar surface area (TPSA) is 37.3 Å². The number of phenols is 1. The van der Waals surface area contributed by atoms with Gasteiger partial charge in [-0.15, -0.1) is 0 Å². The van der Waals surface area contributed by atoms with Gasteiger partial charge in [0, 0.05) is 10.6 Å². The van der Waals surface area contributed by atoms with E-state index < -0.39 is 0 Å². The Morgan fingerprint density at radius 3 is 2.68 bits per heavy atom. The zero-order valence-corrected chi connectivity index (χ0v) is 11.2. The highest BCUT2D eigenvalue weighted by atomic mass is 35.5. The van der Waals surface area contributed by atoms with Crippen molar-refractivity contribution in [1.29, 1.82) is 0 Å². The molecule has 0 aliphatic rings. The molecule has 0 saturated carbocycles. The lowest BCUT2D eigenvalue weighted by molar-refractivity contribution is 0.104. The number of rotatable bonds is 3. The van der Waals surface area contributed by atoms with E-state index in [4.69, 9.17) is 11.6 Å². The Bertz CT molecular complexity index is 645. The van der Waals surface area contributed by atoms with E-state index in [1.165, 1.54) is 18.2 Å². The second kappa shape index (κ2) is 5.72. The van der Waals surface area contributed by atoms with Crippen molar-refractivity contribution in [3.8, 4) is 5.75 Å². The van der Waals surface area contributed by atoms with Crippen LogP contribution in [-0.4, -0.2) is 10.9 Å². The fourth-order valence-electron chi connectivity index (χ4n) is 1.64. The van der Waals surface area contributed by atoms with Crippen LogP contribution in [0.4, 0.5) is 0 Å². The first-order chi connectivity index (χ1) is 9.06. The van der Waals surface area contributed by atoms with E-state index in [1.807, 2.05) is 25.1 Å². The minimum Gasteiger partial charge on any atom is -0.508 e. The molecule has 0 fully saturated rings. The fraction of sp³-hybridized carbons (Fsp3) is 0.0625. The van der Waals surface area contributed by atoms with Gasteiger partial charge in [0.05, 0.1) is 0 Å². The monoisotopic (exact) mass is 272 g/mol. The lowest BCUT2D eigenvalue weighted by atomic mass is 10.1. The van der Waals surface area contributed by atoms with Crippen LogP contribution in [0.1, 0.15) is 21.5 Å². The zero-order chi connectivity index (χ0) is 13.8. The van der Waals surface area contributed by atoms with Crippen molar-refractivity contribution >= 4 is 23.5 Å². The van der Waals surface area contributed by atoms with Gasteiger partial charge in [-0.1, -0.05) is 41.9 Å². The molecule has 0 unspecified atom stereocenters. The highest BCUT2D eigenvalue weighted by Crippen LogP contribution is 2.18. The molecule has 0 spiro atoms. The number of hydrogen-bond acceptors (Lipinski definition) is 2. The summed E-state index contributed by atoms with van der Waals surface area (Å²) in [4.78, 5) is 11.9. The summed E-state index contributed by atoms with van der Waals surface area (Å²) in [5, 5.41) is 9.99. The lowest BCUT2D eigenvalue weighted by Gasteiger charge is -1.99. The van der Waals surface area contributed by atoms with Crippen molar-refractivity contribution in [2.45, 2.75) is 6.92 Å². The fourth-order valence-corrected chi connectivity index (χ4v) is 1.83. The van der Waals surface area contributed by atoms with Crippen LogP contribution in [0, 0.1) is 6.92 Å². The summed E-state index contributed by atoms with van der Waals surface area (Å²) in [7, 11) is 0. The number of aryl methyl sites for hydroxylation is 1. The van der Waals surface area contributed by atoms with Crippen LogP contribution in [0.25, 0.3) is 6.08 Å². The van der Waals surface area contributed by atoms with E-state index >= 15 is 0 Å². The minimum absolute atomic E-state index is 0.0811. The van der Waals surface area contributed by atoms with Gasteiger partial charge in [-0.3, -0.25) is 4.79 Å². The number of benzene rings is 2. The van der Waals surface area contributed by atoms with Crippen molar-refractivity contribution < 1.29 is 9.90 Å². The number of aromatic hydroxyl groups is 1. The van der Waals surface area contributed by atoms with Crippen molar-refractivity contribution in [3.05, 3.63) is 70.3 Å². The first-order valence-corrected chi connectivity index (χ1v) is 6.21. The molecule has 0 atom stereocenters. The molecular formula is C16H13ClO2. The number of carbonyl (C=O) groups excluding carboxylic acids is 1. The van der Waals surface area contributed by atoms with Gasteiger partial charge in [0.25, 0.3) is 0 Å². The Morgan fingerprint density at radius 2 is 2.00 bits per heavy atom. The second-order valence-corrected chi connectivity index (χ2v) is 4.66. The molecule has 0 saturated heterocycles. The maximum absolute atomic E-state index is 11.9. The van der Waals surface area contributed by atoms with Crippen LogP contribution >= 0.6 is 11.6 Å². The number of allylic oxidation sites excluding steroid dienone is 1. The molecule has 2 rings (SSSR count). The molecule has 0 amide bonds. The zero-order valence-electron chi connectivity index (χ0n) is 10.4. The molecule has 2 nitrogen and oxygen atoms in total. The largest absolute Gasteiger partial charge is 0.508 e. The first kappa shape index (κ1) is 13.4. The SMILES string of the molecule is Cc1ccc(/C=C/C(=O)c2cccc(O)c2)cc1Cl. The Kier molecular flexibility index (Phi) is 4.03. The summed E-state index contributed by atoms with van der Waals surface area (Å²) in [6, 6.07) is 11.9. The Labute approximate surface area is 117 Å². The second-order valence-electron chi connectivity index (χ2n) is 4.26. The predicted octanol–water partition coefficient (Wildman–Crippen LogP) is 4.25. The van der Waals surface area contributed by atoms with Gasteiger partial charge in [0.15, 0.2) is 5.78 Å². The van der Waals surface area contributed by atoms with Crippen LogP contribution < -0.4 is 0 Å². The molecule has 0 radical (unpaired) electrons. The average Bonchev–Trinajstić information content (AvgIpc) is 2.40. The Morgan fingerprint density at radius 1 is 1.21 bits per heavy atom. The number of ketones is 1. The molecule has 3 heteroatoms. The highest BCUT2D eigenvalue weighted by molar-refractivity contribution is 6.31. The van der Waals surface area contributed by atoms with E-state index in [-0.39, 0.29) is 11.5 Å². The first-order valence-electron chi connectivity index (χ1n) is 5.84. The van der Waals surface area contributed by atoms with Crippen molar-refractivity contribution in [3.63, 3.8) is 0 Å². The number of hydrogen-bond donors (Lipinski definition) is 1. The predicted molar refractivity (Wildman–Crippen MR) is 77.7 cm³/mol. The van der Waals surface area contributed by atoms with Gasteiger partial charge >= 0.3 is 0 Å². The molecule has 0 bridgehead atoms. The molecule has 0 aliphatic heterocycles.